The van der Waals surface area contributed by atoms with Crippen molar-refractivity contribution >= 4 is 28.5 Å². The number of nitrogens with zero attached hydrogens (tertiary/aromatic N) is 2. The summed E-state index contributed by atoms with van der Waals surface area (Å²) in [6.07, 6.45) is 0.517. The fourth-order valence-electron chi connectivity index (χ4n) is 6.21. The molecule has 7 rings (SSSR count). The average molecular weight is 527 g/mol. The summed E-state index contributed by atoms with van der Waals surface area (Å²) in [4.78, 5) is 46.6. The fraction of sp³-hybridized carbons (Fsp3) is 0.147. The van der Waals surface area contributed by atoms with Gasteiger partial charge in [-0.15, -0.1) is 0 Å². The van der Waals surface area contributed by atoms with Crippen molar-refractivity contribution in [3.8, 4) is 0 Å². The van der Waals surface area contributed by atoms with E-state index in [0.29, 0.717) is 35.2 Å². The van der Waals surface area contributed by atoms with Gasteiger partial charge in [-0.25, -0.2) is 0 Å². The highest BCUT2D eigenvalue weighted by molar-refractivity contribution is 6.17. The largest absolute Gasteiger partial charge is 0.450 e. The molecule has 0 N–H and O–H groups in total. The van der Waals surface area contributed by atoms with Crippen molar-refractivity contribution in [1.29, 1.82) is 0 Å². The molecule has 2 aliphatic heterocycles. The number of rotatable bonds is 5. The molecule has 1 atom stereocenters. The molecule has 1 unspecified atom stereocenters. The molecule has 0 saturated heterocycles. The number of carbonyl (C=O) groups excluding carboxylic acids is 2. The molecular formula is C34H26N2O4. The van der Waals surface area contributed by atoms with E-state index in [-0.39, 0.29) is 29.2 Å². The molecule has 0 saturated carbocycles. The van der Waals surface area contributed by atoms with Crippen LogP contribution in [-0.2, 0) is 23.3 Å². The van der Waals surface area contributed by atoms with Gasteiger partial charge in [0.15, 0.2) is 11.0 Å². The van der Waals surface area contributed by atoms with E-state index in [1.54, 1.807) is 21.9 Å². The van der Waals surface area contributed by atoms with E-state index in [9.17, 15) is 14.4 Å². The standard InChI is InChI=1S/C34H26N2O4/c1-22-16-17-28-25(20-22)30(37)29-31(40-28)32(38)36(19-18-23-10-4-2-5-11-23)34(29)26-14-8-9-15-27(26)35(33(34)39)21-24-12-6-3-7-13-24/h2-17,20H,18-19,21H2,1H3. The van der Waals surface area contributed by atoms with Crippen molar-refractivity contribution in [2.24, 2.45) is 0 Å². The lowest BCUT2D eigenvalue weighted by molar-refractivity contribution is -0.126. The van der Waals surface area contributed by atoms with E-state index < -0.39 is 11.4 Å². The van der Waals surface area contributed by atoms with Crippen LogP contribution in [-0.4, -0.2) is 23.3 Å². The minimum atomic E-state index is -1.62. The molecule has 0 aliphatic carbocycles. The summed E-state index contributed by atoms with van der Waals surface area (Å²) >= 11 is 0. The van der Waals surface area contributed by atoms with E-state index in [4.69, 9.17) is 4.42 Å². The molecule has 1 spiro atoms. The molecule has 2 aliphatic rings. The minimum Gasteiger partial charge on any atom is -0.450 e. The molecule has 5 aromatic rings. The zero-order valence-electron chi connectivity index (χ0n) is 22.0. The smallest absolute Gasteiger partial charge is 0.291 e. The Labute approximate surface area is 231 Å². The summed E-state index contributed by atoms with van der Waals surface area (Å²) in [5.74, 6) is -0.827. The van der Waals surface area contributed by atoms with Gasteiger partial charge >= 0.3 is 0 Å². The van der Waals surface area contributed by atoms with E-state index in [2.05, 4.69) is 0 Å². The SMILES string of the molecule is Cc1ccc2oc3c(c(=O)c2c1)C1(C(=O)N(Cc2ccccc2)c2ccccc21)N(CCc1ccccc1)C3=O. The van der Waals surface area contributed by atoms with Gasteiger partial charge in [-0.05, 0) is 42.7 Å². The Kier molecular flexibility index (Phi) is 5.46. The Hall–Kier alpha value is -4.97. The van der Waals surface area contributed by atoms with Gasteiger partial charge in [-0.1, -0.05) is 90.5 Å². The lowest BCUT2D eigenvalue weighted by atomic mass is 9.83. The molecule has 0 bridgehead atoms. The maximum Gasteiger partial charge on any atom is 0.291 e. The number of hydrogen-bond donors (Lipinski definition) is 0. The lowest BCUT2D eigenvalue weighted by Crippen LogP contribution is -2.53. The van der Waals surface area contributed by atoms with Gasteiger partial charge in [0, 0.05) is 12.1 Å². The first kappa shape index (κ1) is 24.1. The first-order valence-corrected chi connectivity index (χ1v) is 13.4. The molecule has 3 heterocycles. The number of carbonyl (C=O) groups is 2. The molecule has 6 nitrogen and oxygen atoms in total. The van der Waals surface area contributed by atoms with Crippen LogP contribution in [0.5, 0.6) is 0 Å². The molecular weight excluding hydrogens is 500 g/mol. The van der Waals surface area contributed by atoms with Gasteiger partial charge in [-0.3, -0.25) is 14.4 Å². The Morgan fingerprint density at radius 1 is 0.775 bits per heavy atom. The third-order valence-corrected chi connectivity index (χ3v) is 8.04. The topological polar surface area (TPSA) is 70.8 Å². The number of para-hydroxylation sites is 1. The first-order chi connectivity index (χ1) is 19.5. The molecule has 1 aromatic heterocycles. The van der Waals surface area contributed by atoms with Crippen LogP contribution in [0.2, 0.25) is 0 Å². The van der Waals surface area contributed by atoms with Crippen LogP contribution in [0.3, 0.4) is 0 Å². The summed E-state index contributed by atoms with van der Waals surface area (Å²) in [6.45, 7) is 2.45. The van der Waals surface area contributed by atoms with Gasteiger partial charge < -0.3 is 14.2 Å². The van der Waals surface area contributed by atoms with E-state index in [0.717, 1.165) is 16.7 Å². The molecule has 6 heteroatoms. The summed E-state index contributed by atoms with van der Waals surface area (Å²) < 4.78 is 6.18. The number of fused-ring (bicyclic) bond motifs is 5. The summed E-state index contributed by atoms with van der Waals surface area (Å²) in [5.41, 5.74) is 2.65. The maximum absolute atomic E-state index is 14.8. The molecule has 0 fully saturated rings. The third kappa shape index (κ3) is 3.39. The zero-order valence-corrected chi connectivity index (χ0v) is 22.0. The predicted octanol–water partition coefficient (Wildman–Crippen LogP) is 5.59. The quantitative estimate of drug-likeness (QED) is 0.299. The maximum atomic E-state index is 14.8. The average Bonchev–Trinajstić information content (AvgIpc) is 3.37. The number of hydrogen-bond acceptors (Lipinski definition) is 4. The molecule has 0 radical (unpaired) electrons. The second-order valence-corrected chi connectivity index (χ2v) is 10.4. The summed E-state index contributed by atoms with van der Waals surface area (Å²) in [7, 11) is 0. The molecule has 196 valence electrons. The number of benzene rings is 4. The Morgan fingerprint density at radius 2 is 1.45 bits per heavy atom. The van der Waals surface area contributed by atoms with Crippen LogP contribution in [0, 0.1) is 6.92 Å². The van der Waals surface area contributed by atoms with E-state index in [1.807, 2.05) is 97.9 Å². The molecule has 4 aromatic carbocycles. The predicted molar refractivity (Wildman–Crippen MR) is 153 cm³/mol. The third-order valence-electron chi connectivity index (χ3n) is 8.04. The van der Waals surface area contributed by atoms with Crippen molar-refractivity contribution in [1.82, 2.24) is 4.90 Å². The number of anilines is 1. The van der Waals surface area contributed by atoms with Gasteiger partial charge in [0.2, 0.25) is 5.76 Å². The van der Waals surface area contributed by atoms with Crippen molar-refractivity contribution in [3.63, 3.8) is 0 Å². The van der Waals surface area contributed by atoms with Crippen molar-refractivity contribution < 1.29 is 14.0 Å². The Balaban J connectivity index is 1.48. The van der Waals surface area contributed by atoms with Crippen molar-refractivity contribution in [2.75, 3.05) is 11.4 Å². The van der Waals surface area contributed by atoms with Gasteiger partial charge in [0.1, 0.15) is 5.58 Å². The molecule has 2 amide bonds. The van der Waals surface area contributed by atoms with Crippen LogP contribution in [0.1, 0.15) is 38.4 Å². The van der Waals surface area contributed by atoms with E-state index >= 15 is 0 Å². The van der Waals surface area contributed by atoms with Crippen molar-refractivity contribution in [2.45, 2.75) is 25.4 Å². The van der Waals surface area contributed by atoms with Crippen LogP contribution in [0.25, 0.3) is 11.0 Å². The Morgan fingerprint density at radius 3 is 2.20 bits per heavy atom. The summed E-state index contributed by atoms with van der Waals surface area (Å²) in [5, 5.41) is 0.364. The van der Waals surface area contributed by atoms with Crippen LogP contribution in [0.4, 0.5) is 5.69 Å². The van der Waals surface area contributed by atoms with Crippen molar-refractivity contribution in [3.05, 3.63) is 147 Å². The van der Waals surface area contributed by atoms with E-state index in [1.165, 1.54) is 0 Å². The van der Waals surface area contributed by atoms with Crippen LogP contribution >= 0.6 is 0 Å². The second-order valence-electron chi connectivity index (χ2n) is 10.4. The number of aryl methyl sites for hydroxylation is 1. The monoisotopic (exact) mass is 526 g/mol. The second kappa shape index (κ2) is 9.06. The fourth-order valence-corrected chi connectivity index (χ4v) is 6.21. The zero-order chi connectivity index (χ0) is 27.4. The minimum absolute atomic E-state index is 0.0564. The number of amides is 2. The lowest BCUT2D eigenvalue weighted by Gasteiger charge is -2.34. The van der Waals surface area contributed by atoms with Gasteiger partial charge in [0.25, 0.3) is 11.8 Å². The highest BCUT2D eigenvalue weighted by Gasteiger charge is 2.64. The van der Waals surface area contributed by atoms with Crippen LogP contribution < -0.4 is 10.3 Å². The highest BCUT2D eigenvalue weighted by atomic mass is 16.3. The normalized spacial score (nSPS) is 17.6. The first-order valence-electron chi connectivity index (χ1n) is 13.4. The van der Waals surface area contributed by atoms with Crippen LogP contribution in [0.15, 0.2) is 112 Å². The van der Waals surface area contributed by atoms with Gasteiger partial charge in [-0.2, -0.15) is 0 Å². The van der Waals surface area contributed by atoms with Gasteiger partial charge in [0.05, 0.1) is 23.2 Å². The Bertz CT molecular complexity index is 1860. The molecule has 40 heavy (non-hydrogen) atoms. The highest BCUT2D eigenvalue weighted by Crippen LogP contribution is 2.52. The summed E-state index contributed by atoms with van der Waals surface area (Å²) in [6, 6.07) is 32.3.